The van der Waals surface area contributed by atoms with Crippen molar-refractivity contribution in [2.75, 3.05) is 19.6 Å². The fourth-order valence-corrected chi connectivity index (χ4v) is 2.04. The van der Waals surface area contributed by atoms with Crippen molar-refractivity contribution in [2.24, 2.45) is 5.92 Å². The monoisotopic (exact) mass is 254 g/mol. The van der Waals surface area contributed by atoms with Gasteiger partial charge in [-0.2, -0.15) is 13.2 Å². The van der Waals surface area contributed by atoms with Crippen LogP contribution in [-0.2, 0) is 0 Å². The van der Waals surface area contributed by atoms with E-state index in [1.54, 1.807) is 4.90 Å². The highest BCUT2D eigenvalue weighted by molar-refractivity contribution is 7.80. The third-order valence-electron chi connectivity index (χ3n) is 2.70. The van der Waals surface area contributed by atoms with Gasteiger partial charge >= 0.3 is 6.18 Å². The van der Waals surface area contributed by atoms with Crippen LogP contribution in [0.1, 0.15) is 26.2 Å². The molecule has 0 aromatic carbocycles. The molecule has 1 heterocycles. The number of alkyl halides is 3. The molecule has 2 nitrogen and oxygen atoms in total. The molecule has 0 aromatic rings. The molecular formula is C10H17F3N2S. The van der Waals surface area contributed by atoms with Crippen molar-refractivity contribution in [2.45, 2.75) is 32.4 Å². The van der Waals surface area contributed by atoms with Crippen LogP contribution < -0.4 is 5.32 Å². The molecule has 1 rings (SSSR count). The molecule has 0 aromatic heterocycles. The first kappa shape index (κ1) is 13.5. The van der Waals surface area contributed by atoms with E-state index in [0.717, 1.165) is 6.42 Å². The number of rotatable bonds is 2. The topological polar surface area (TPSA) is 15.3 Å². The first-order chi connectivity index (χ1) is 7.45. The molecular weight excluding hydrogens is 237 g/mol. The van der Waals surface area contributed by atoms with Gasteiger partial charge in [-0.25, -0.2) is 0 Å². The molecule has 16 heavy (non-hydrogen) atoms. The molecule has 1 aliphatic rings. The predicted molar refractivity (Wildman–Crippen MR) is 61.2 cm³/mol. The lowest BCUT2D eigenvalue weighted by Gasteiger charge is -2.35. The Kier molecular flexibility index (Phi) is 4.83. The second-order valence-corrected chi connectivity index (χ2v) is 4.45. The predicted octanol–water partition coefficient (Wildman–Crippen LogP) is 2.55. The lowest BCUT2D eigenvalue weighted by atomic mass is 9.98. The van der Waals surface area contributed by atoms with Crippen molar-refractivity contribution in [1.82, 2.24) is 10.2 Å². The van der Waals surface area contributed by atoms with Crippen LogP contribution in [0.5, 0.6) is 0 Å². The van der Waals surface area contributed by atoms with Gasteiger partial charge in [0.25, 0.3) is 0 Å². The average molecular weight is 254 g/mol. The lowest BCUT2D eigenvalue weighted by molar-refractivity contribution is -0.183. The van der Waals surface area contributed by atoms with Gasteiger partial charge in [0.1, 0.15) is 0 Å². The van der Waals surface area contributed by atoms with Gasteiger partial charge in [-0.05, 0) is 31.5 Å². The van der Waals surface area contributed by atoms with E-state index in [9.17, 15) is 13.2 Å². The third kappa shape index (κ3) is 3.81. The Morgan fingerprint density at radius 3 is 2.75 bits per heavy atom. The van der Waals surface area contributed by atoms with Crippen molar-refractivity contribution < 1.29 is 13.2 Å². The average Bonchev–Trinajstić information content (AvgIpc) is 2.25. The van der Waals surface area contributed by atoms with Crippen molar-refractivity contribution in [3.05, 3.63) is 0 Å². The summed E-state index contributed by atoms with van der Waals surface area (Å²) in [6, 6.07) is 0. The molecule has 0 amide bonds. The Labute approximate surface area is 99.2 Å². The smallest absolute Gasteiger partial charge is 0.363 e. The van der Waals surface area contributed by atoms with E-state index in [1.807, 2.05) is 6.92 Å². The molecule has 1 fully saturated rings. The maximum atomic E-state index is 12.5. The number of piperidine rings is 1. The summed E-state index contributed by atoms with van der Waals surface area (Å²) in [6.45, 7) is 3.33. The minimum absolute atomic E-state index is 0.000945. The quantitative estimate of drug-likeness (QED) is 0.762. The van der Waals surface area contributed by atoms with Gasteiger partial charge in [-0.15, -0.1) is 0 Å². The summed E-state index contributed by atoms with van der Waals surface area (Å²) in [7, 11) is 0. The summed E-state index contributed by atoms with van der Waals surface area (Å²) in [4.78, 5) is 1.63. The molecule has 1 aliphatic heterocycles. The van der Waals surface area contributed by atoms with E-state index in [1.165, 1.54) is 0 Å². The van der Waals surface area contributed by atoms with Gasteiger partial charge in [0.05, 0.1) is 5.92 Å². The second kappa shape index (κ2) is 5.70. The van der Waals surface area contributed by atoms with E-state index in [0.29, 0.717) is 24.6 Å². The molecule has 6 heteroatoms. The Balaban J connectivity index is 2.47. The fraction of sp³-hybridized carbons (Fsp3) is 0.900. The van der Waals surface area contributed by atoms with Crippen molar-refractivity contribution in [3.63, 3.8) is 0 Å². The molecule has 0 radical (unpaired) electrons. The largest absolute Gasteiger partial charge is 0.393 e. The number of nitrogens with one attached hydrogen (secondary N) is 1. The van der Waals surface area contributed by atoms with E-state index in [4.69, 9.17) is 12.2 Å². The fourth-order valence-electron chi connectivity index (χ4n) is 1.77. The molecule has 0 bridgehead atoms. The first-order valence-electron chi connectivity index (χ1n) is 5.54. The lowest BCUT2D eigenvalue weighted by Crippen LogP contribution is -2.48. The van der Waals surface area contributed by atoms with Crippen LogP contribution in [0.25, 0.3) is 0 Å². The number of nitrogens with zero attached hydrogens (tertiary/aromatic N) is 1. The van der Waals surface area contributed by atoms with Crippen LogP contribution in [0.15, 0.2) is 0 Å². The van der Waals surface area contributed by atoms with E-state index >= 15 is 0 Å². The summed E-state index contributed by atoms with van der Waals surface area (Å²) in [5, 5.41) is 3.42. The van der Waals surface area contributed by atoms with E-state index < -0.39 is 12.1 Å². The minimum atomic E-state index is -4.10. The molecule has 94 valence electrons. The number of hydrogen-bond donors (Lipinski definition) is 1. The maximum Gasteiger partial charge on any atom is 0.393 e. The highest BCUT2D eigenvalue weighted by Gasteiger charge is 2.42. The van der Waals surface area contributed by atoms with Gasteiger partial charge in [0.2, 0.25) is 0 Å². The van der Waals surface area contributed by atoms with Crippen LogP contribution in [0, 0.1) is 5.92 Å². The summed E-state index contributed by atoms with van der Waals surface area (Å²) in [6.07, 6.45) is -2.41. The maximum absolute atomic E-state index is 12.5. The SMILES string of the molecule is CCCNC(=S)N1CCCC(C(F)(F)F)C1. The number of thiocarbonyl (C=S) groups is 1. The first-order valence-corrected chi connectivity index (χ1v) is 5.95. The summed E-state index contributed by atoms with van der Waals surface area (Å²) in [5.74, 6) is -1.23. The van der Waals surface area contributed by atoms with Gasteiger partial charge in [0.15, 0.2) is 5.11 Å². The van der Waals surface area contributed by atoms with Gasteiger partial charge in [0, 0.05) is 19.6 Å². The van der Waals surface area contributed by atoms with Crippen LogP contribution in [-0.4, -0.2) is 35.8 Å². The van der Waals surface area contributed by atoms with Crippen LogP contribution in [0.4, 0.5) is 13.2 Å². The summed E-state index contributed by atoms with van der Waals surface area (Å²) < 4.78 is 37.6. The Bertz CT molecular complexity index is 243. The van der Waals surface area contributed by atoms with Crippen LogP contribution in [0.2, 0.25) is 0 Å². The second-order valence-electron chi connectivity index (χ2n) is 4.06. The van der Waals surface area contributed by atoms with E-state index in [-0.39, 0.29) is 13.0 Å². The van der Waals surface area contributed by atoms with Gasteiger partial charge in [-0.3, -0.25) is 0 Å². The summed E-state index contributed by atoms with van der Waals surface area (Å²) in [5.41, 5.74) is 0. The zero-order chi connectivity index (χ0) is 12.2. The molecule has 0 saturated carbocycles. The Morgan fingerprint density at radius 2 is 2.19 bits per heavy atom. The third-order valence-corrected chi connectivity index (χ3v) is 3.10. The van der Waals surface area contributed by atoms with E-state index in [2.05, 4.69) is 5.32 Å². The van der Waals surface area contributed by atoms with Crippen molar-refractivity contribution >= 4 is 17.3 Å². The normalized spacial score (nSPS) is 22.0. The summed E-state index contributed by atoms with van der Waals surface area (Å²) >= 11 is 5.06. The van der Waals surface area contributed by atoms with Crippen molar-refractivity contribution in [3.8, 4) is 0 Å². The zero-order valence-corrected chi connectivity index (χ0v) is 10.1. The standard InChI is InChI=1S/C10H17F3N2S/c1-2-5-14-9(16)15-6-3-4-8(7-15)10(11,12)13/h8H,2-7H2,1H3,(H,14,16). The van der Waals surface area contributed by atoms with Crippen LogP contribution >= 0.6 is 12.2 Å². The number of halogens is 3. The highest BCUT2D eigenvalue weighted by atomic mass is 32.1. The van der Waals surface area contributed by atoms with Crippen LogP contribution in [0.3, 0.4) is 0 Å². The van der Waals surface area contributed by atoms with Crippen molar-refractivity contribution in [1.29, 1.82) is 0 Å². The molecule has 1 saturated heterocycles. The van der Waals surface area contributed by atoms with Gasteiger partial charge < -0.3 is 10.2 Å². The molecule has 0 aliphatic carbocycles. The zero-order valence-electron chi connectivity index (χ0n) is 9.31. The minimum Gasteiger partial charge on any atom is -0.363 e. The highest BCUT2D eigenvalue weighted by Crippen LogP contribution is 2.32. The number of likely N-dealkylation sites (tertiary alicyclic amines) is 1. The number of hydrogen-bond acceptors (Lipinski definition) is 1. The van der Waals surface area contributed by atoms with Gasteiger partial charge in [-0.1, -0.05) is 6.92 Å². The molecule has 1 atom stereocenters. The Hall–Kier alpha value is -0.520. The molecule has 1 N–H and O–H groups in total. The Morgan fingerprint density at radius 1 is 1.50 bits per heavy atom. The molecule has 0 spiro atoms. The molecule has 1 unspecified atom stereocenters.